The number of anilines is 1. The Hall–Kier alpha value is -2.09. The monoisotopic (exact) mass is 395 g/mol. The SMILES string of the molecule is Cc1ccc(C)c(NC(=O)CSc2nc3c(c(C(F)(F)F)n2)CCCC3)c1. The van der Waals surface area contributed by atoms with Gasteiger partial charge in [0.2, 0.25) is 5.91 Å². The fourth-order valence-electron chi connectivity index (χ4n) is 3.06. The molecule has 0 spiro atoms. The summed E-state index contributed by atoms with van der Waals surface area (Å²) >= 11 is 0.927. The fourth-order valence-corrected chi connectivity index (χ4v) is 3.72. The molecule has 3 rings (SSSR count). The highest BCUT2D eigenvalue weighted by Gasteiger charge is 2.38. The van der Waals surface area contributed by atoms with Gasteiger partial charge in [-0.15, -0.1) is 0 Å². The van der Waals surface area contributed by atoms with Crippen LogP contribution in [0.15, 0.2) is 23.4 Å². The highest BCUT2D eigenvalue weighted by molar-refractivity contribution is 7.99. The van der Waals surface area contributed by atoms with Crippen LogP contribution in [0.5, 0.6) is 0 Å². The molecule has 8 heteroatoms. The van der Waals surface area contributed by atoms with E-state index in [1.807, 2.05) is 32.0 Å². The molecule has 1 aliphatic rings. The second kappa shape index (κ2) is 7.88. The molecular formula is C19H20F3N3OS. The molecule has 0 aliphatic heterocycles. The van der Waals surface area contributed by atoms with Crippen LogP contribution in [-0.2, 0) is 23.8 Å². The van der Waals surface area contributed by atoms with Crippen molar-refractivity contribution < 1.29 is 18.0 Å². The molecule has 0 bridgehead atoms. The number of hydrogen-bond acceptors (Lipinski definition) is 4. The molecule has 0 radical (unpaired) electrons. The molecule has 0 unspecified atom stereocenters. The van der Waals surface area contributed by atoms with E-state index in [-0.39, 0.29) is 22.4 Å². The van der Waals surface area contributed by atoms with E-state index in [0.717, 1.165) is 29.3 Å². The Bertz CT molecular complexity index is 868. The molecule has 1 N–H and O–H groups in total. The number of rotatable bonds is 4. The molecule has 0 saturated heterocycles. The summed E-state index contributed by atoms with van der Waals surface area (Å²) in [7, 11) is 0. The maximum atomic E-state index is 13.3. The summed E-state index contributed by atoms with van der Waals surface area (Å²) in [5, 5.41) is 2.79. The van der Waals surface area contributed by atoms with Crippen LogP contribution >= 0.6 is 11.8 Å². The highest BCUT2D eigenvalue weighted by Crippen LogP contribution is 2.35. The zero-order chi connectivity index (χ0) is 19.6. The third kappa shape index (κ3) is 4.80. The van der Waals surface area contributed by atoms with Crippen LogP contribution < -0.4 is 5.32 Å². The first kappa shape index (κ1) is 19.7. The third-order valence-corrected chi connectivity index (χ3v) is 5.28. The Morgan fingerprint density at radius 2 is 1.93 bits per heavy atom. The lowest BCUT2D eigenvalue weighted by Crippen LogP contribution is -2.20. The average Bonchev–Trinajstić information content (AvgIpc) is 2.61. The molecule has 1 aromatic heterocycles. The van der Waals surface area contributed by atoms with E-state index in [0.29, 0.717) is 30.6 Å². The Morgan fingerprint density at radius 1 is 1.19 bits per heavy atom. The van der Waals surface area contributed by atoms with Crippen molar-refractivity contribution in [2.24, 2.45) is 0 Å². The molecule has 4 nitrogen and oxygen atoms in total. The predicted octanol–water partition coefficient (Wildman–Crippen LogP) is 4.72. The van der Waals surface area contributed by atoms with Gasteiger partial charge in [0.05, 0.1) is 5.75 Å². The Kier molecular flexibility index (Phi) is 5.74. The molecule has 2 aromatic rings. The van der Waals surface area contributed by atoms with Gasteiger partial charge in [-0.25, -0.2) is 9.97 Å². The van der Waals surface area contributed by atoms with Crippen LogP contribution in [0.3, 0.4) is 0 Å². The first-order chi connectivity index (χ1) is 12.7. The van der Waals surface area contributed by atoms with Crippen LogP contribution in [0, 0.1) is 13.8 Å². The fraction of sp³-hybridized carbons (Fsp3) is 0.421. The first-order valence-electron chi connectivity index (χ1n) is 8.71. The number of aryl methyl sites for hydroxylation is 3. The summed E-state index contributed by atoms with van der Waals surface area (Å²) in [6.07, 6.45) is -2.12. The van der Waals surface area contributed by atoms with E-state index >= 15 is 0 Å². The largest absolute Gasteiger partial charge is 0.433 e. The molecule has 0 saturated carbocycles. The number of halogens is 3. The van der Waals surface area contributed by atoms with Gasteiger partial charge in [-0.1, -0.05) is 23.9 Å². The topological polar surface area (TPSA) is 54.9 Å². The van der Waals surface area contributed by atoms with E-state index < -0.39 is 11.9 Å². The van der Waals surface area contributed by atoms with Crippen molar-refractivity contribution in [3.8, 4) is 0 Å². The van der Waals surface area contributed by atoms with Crippen molar-refractivity contribution in [3.63, 3.8) is 0 Å². The van der Waals surface area contributed by atoms with E-state index in [2.05, 4.69) is 15.3 Å². The predicted molar refractivity (Wildman–Crippen MR) is 98.9 cm³/mol. The summed E-state index contributed by atoms with van der Waals surface area (Å²) in [4.78, 5) is 20.2. The van der Waals surface area contributed by atoms with E-state index in [1.165, 1.54) is 0 Å². The van der Waals surface area contributed by atoms with Crippen LogP contribution in [0.1, 0.15) is 40.9 Å². The van der Waals surface area contributed by atoms with Gasteiger partial charge in [-0.3, -0.25) is 4.79 Å². The third-order valence-electron chi connectivity index (χ3n) is 4.43. The number of amides is 1. The summed E-state index contributed by atoms with van der Waals surface area (Å²) in [6.45, 7) is 3.80. The zero-order valence-corrected chi connectivity index (χ0v) is 15.9. The van der Waals surface area contributed by atoms with Crippen molar-refractivity contribution >= 4 is 23.4 Å². The van der Waals surface area contributed by atoms with Crippen molar-refractivity contribution in [1.29, 1.82) is 0 Å². The average molecular weight is 395 g/mol. The standard InChI is InChI=1S/C19H20F3N3OS/c1-11-7-8-12(2)15(9-11)23-16(26)10-27-18-24-14-6-4-3-5-13(14)17(25-18)19(20,21)22/h7-9H,3-6,10H2,1-2H3,(H,23,26). The maximum absolute atomic E-state index is 13.3. The van der Waals surface area contributed by atoms with Crippen LogP contribution in [-0.4, -0.2) is 21.6 Å². The van der Waals surface area contributed by atoms with E-state index in [4.69, 9.17) is 0 Å². The number of carbonyl (C=O) groups is 1. The Morgan fingerprint density at radius 3 is 2.67 bits per heavy atom. The smallest absolute Gasteiger partial charge is 0.325 e. The van der Waals surface area contributed by atoms with Gasteiger partial charge in [0.1, 0.15) is 0 Å². The second-order valence-corrected chi connectivity index (χ2v) is 7.58. The summed E-state index contributed by atoms with van der Waals surface area (Å²) in [5.74, 6) is -0.354. The summed E-state index contributed by atoms with van der Waals surface area (Å²) in [6, 6.07) is 5.70. The first-order valence-corrected chi connectivity index (χ1v) is 9.69. The lowest BCUT2D eigenvalue weighted by atomic mass is 9.94. The van der Waals surface area contributed by atoms with Crippen molar-refractivity contribution in [2.75, 3.05) is 11.1 Å². The number of thioether (sulfide) groups is 1. The summed E-state index contributed by atoms with van der Waals surface area (Å²) in [5.41, 5.74) is 2.44. The van der Waals surface area contributed by atoms with Crippen molar-refractivity contribution in [2.45, 2.75) is 50.9 Å². The molecule has 0 atom stereocenters. The van der Waals surface area contributed by atoms with Crippen LogP contribution in [0.4, 0.5) is 18.9 Å². The van der Waals surface area contributed by atoms with Gasteiger partial charge in [0.25, 0.3) is 0 Å². The number of hydrogen-bond donors (Lipinski definition) is 1. The highest BCUT2D eigenvalue weighted by atomic mass is 32.2. The zero-order valence-electron chi connectivity index (χ0n) is 15.1. The van der Waals surface area contributed by atoms with Crippen LogP contribution in [0.2, 0.25) is 0 Å². The molecule has 0 fully saturated rings. The minimum atomic E-state index is -4.51. The maximum Gasteiger partial charge on any atom is 0.433 e. The number of aromatic nitrogens is 2. The normalized spacial score (nSPS) is 14.0. The van der Waals surface area contributed by atoms with E-state index in [9.17, 15) is 18.0 Å². The number of fused-ring (bicyclic) bond motifs is 1. The molecular weight excluding hydrogens is 375 g/mol. The molecule has 27 heavy (non-hydrogen) atoms. The van der Waals surface area contributed by atoms with Gasteiger partial charge in [0, 0.05) is 16.9 Å². The number of benzene rings is 1. The van der Waals surface area contributed by atoms with Gasteiger partial charge in [-0.05, 0) is 56.7 Å². The molecule has 1 aromatic carbocycles. The molecule has 144 valence electrons. The quantitative estimate of drug-likeness (QED) is 0.601. The van der Waals surface area contributed by atoms with Gasteiger partial charge >= 0.3 is 6.18 Å². The lowest BCUT2D eigenvalue weighted by Gasteiger charge is -2.20. The second-order valence-electron chi connectivity index (χ2n) is 6.64. The van der Waals surface area contributed by atoms with Gasteiger partial charge in [-0.2, -0.15) is 13.2 Å². The Labute approximate surface area is 160 Å². The number of alkyl halides is 3. The number of nitrogens with zero attached hydrogens (tertiary/aromatic N) is 2. The van der Waals surface area contributed by atoms with E-state index in [1.54, 1.807) is 0 Å². The van der Waals surface area contributed by atoms with Gasteiger partial charge in [0.15, 0.2) is 10.9 Å². The van der Waals surface area contributed by atoms with Gasteiger partial charge < -0.3 is 5.32 Å². The molecule has 1 aliphatic carbocycles. The molecule has 1 heterocycles. The minimum absolute atomic E-state index is 0.000843. The Balaban J connectivity index is 1.74. The van der Waals surface area contributed by atoms with Crippen LogP contribution in [0.25, 0.3) is 0 Å². The van der Waals surface area contributed by atoms with Crippen molar-refractivity contribution in [1.82, 2.24) is 9.97 Å². The minimum Gasteiger partial charge on any atom is -0.325 e. The lowest BCUT2D eigenvalue weighted by molar-refractivity contribution is -0.142. The number of nitrogens with one attached hydrogen (secondary N) is 1. The van der Waals surface area contributed by atoms with Crippen molar-refractivity contribution in [3.05, 3.63) is 46.3 Å². The molecule has 1 amide bonds. The number of carbonyl (C=O) groups excluding carboxylic acids is 1. The summed E-state index contributed by atoms with van der Waals surface area (Å²) < 4.78 is 40.0.